The summed E-state index contributed by atoms with van der Waals surface area (Å²) in [6, 6.07) is 52.7. The van der Waals surface area contributed by atoms with Gasteiger partial charge in [-0.25, -0.2) is 0 Å². The summed E-state index contributed by atoms with van der Waals surface area (Å²) in [5.41, 5.74) is 11.3. The quantitative estimate of drug-likeness (QED) is 0.172. The Morgan fingerprint density at radius 3 is 1.12 bits per heavy atom. The van der Waals surface area contributed by atoms with Crippen LogP contribution in [0.2, 0.25) is 0 Å². The molecule has 0 radical (unpaired) electrons. The fourth-order valence-corrected chi connectivity index (χ4v) is 8.27. The highest BCUT2D eigenvalue weighted by Gasteiger charge is 2.20. The lowest BCUT2D eigenvalue weighted by molar-refractivity contribution is 0.426. The van der Waals surface area contributed by atoms with E-state index in [9.17, 15) is 10.0 Å². The van der Waals surface area contributed by atoms with E-state index in [1.807, 2.05) is 60.7 Å². The fraction of sp³-hybridized carbons (Fsp3) is 0.0400. The monoisotopic (exact) mass is 822 g/mol. The van der Waals surface area contributed by atoms with E-state index in [1.54, 1.807) is 18.2 Å². The van der Waals surface area contributed by atoms with E-state index < -0.39 is 7.12 Å². The molecule has 0 aliphatic heterocycles. The Morgan fingerprint density at radius 2 is 0.707 bits per heavy atom. The van der Waals surface area contributed by atoms with Crippen LogP contribution in [-0.4, -0.2) is 17.2 Å². The molecule has 12 aromatic rings. The van der Waals surface area contributed by atoms with Crippen LogP contribution in [0.1, 0.15) is 14.9 Å². The smallest absolute Gasteiger partial charge is 0.452 e. The molecule has 2 N–H and O–H groups in total. The van der Waals surface area contributed by atoms with Crippen molar-refractivity contribution in [3.8, 4) is 22.3 Å². The van der Waals surface area contributed by atoms with Crippen LogP contribution in [0.25, 0.3) is 110 Å². The molecule has 4 aromatic heterocycles. The Labute approximate surface area is 341 Å². The van der Waals surface area contributed by atoms with E-state index in [-0.39, 0.29) is 14.9 Å². The summed E-state index contributed by atoms with van der Waals surface area (Å²) in [6.45, 7) is 0. The third kappa shape index (κ3) is 5.96. The van der Waals surface area contributed by atoms with Crippen molar-refractivity contribution < 1.29 is 27.7 Å². The van der Waals surface area contributed by atoms with Gasteiger partial charge in [-0.15, -0.1) is 0 Å². The number of furan rings is 4. The van der Waals surface area contributed by atoms with Gasteiger partial charge in [0.15, 0.2) is 22.3 Å². The lowest BCUT2D eigenvalue weighted by atomic mass is 9.80. The first-order chi connectivity index (χ1) is 27.5. The minimum atomic E-state index is -1.52. The van der Waals surface area contributed by atoms with Gasteiger partial charge in [-0.1, -0.05) is 116 Å². The Bertz CT molecular complexity index is 3470. The van der Waals surface area contributed by atoms with Crippen LogP contribution in [0.4, 0.5) is 0 Å². The van der Waals surface area contributed by atoms with Crippen molar-refractivity contribution in [3.05, 3.63) is 162 Å². The van der Waals surface area contributed by atoms with Crippen molar-refractivity contribution in [1.82, 2.24) is 0 Å². The van der Waals surface area contributed by atoms with Crippen LogP contribution in [0.3, 0.4) is 0 Å². The van der Waals surface area contributed by atoms with Gasteiger partial charge in [0.2, 0.25) is 0 Å². The van der Waals surface area contributed by atoms with Crippen molar-refractivity contribution in [2.24, 2.45) is 0 Å². The van der Waals surface area contributed by atoms with Crippen molar-refractivity contribution in [2.75, 3.05) is 0 Å². The molecular formula is C50H36BBrO6. The van der Waals surface area contributed by atoms with Crippen LogP contribution in [0, 0.1) is 0 Å². The van der Waals surface area contributed by atoms with E-state index in [2.05, 4.69) is 94.8 Å². The van der Waals surface area contributed by atoms with Gasteiger partial charge in [-0.05, 0) is 101 Å². The maximum absolute atomic E-state index is 9.49. The summed E-state index contributed by atoms with van der Waals surface area (Å²) in [7, 11) is -1.52. The van der Waals surface area contributed by atoms with Crippen LogP contribution in [0.5, 0.6) is 0 Å². The first kappa shape index (κ1) is 37.0. The molecule has 0 bridgehead atoms. The SMILES string of the molecule is Brc1ccc2oc3c(ccc4c5cc(-c6ccccc6)ccc5oc43)c2c1.C.C.OB(O)c1ccc2oc3c(ccc4c5cc(-c6ccccc6)ccc5oc43)c2c1. The number of fused-ring (bicyclic) bond motifs is 14. The lowest BCUT2D eigenvalue weighted by Crippen LogP contribution is -2.29. The van der Waals surface area contributed by atoms with Crippen molar-refractivity contribution in [2.45, 2.75) is 14.9 Å². The summed E-state index contributed by atoms with van der Waals surface area (Å²) in [6.07, 6.45) is 0. The molecule has 12 rings (SSSR count). The molecular weight excluding hydrogens is 787 g/mol. The van der Waals surface area contributed by atoms with E-state index in [0.29, 0.717) is 22.2 Å². The zero-order valence-electron chi connectivity index (χ0n) is 29.5. The van der Waals surface area contributed by atoms with Crippen LogP contribution in [-0.2, 0) is 0 Å². The number of hydrogen-bond donors (Lipinski definition) is 2. The zero-order chi connectivity index (χ0) is 37.5. The molecule has 8 heteroatoms. The van der Waals surface area contributed by atoms with E-state index in [4.69, 9.17) is 17.7 Å². The highest BCUT2D eigenvalue weighted by atomic mass is 79.9. The first-order valence-electron chi connectivity index (χ1n) is 18.2. The average Bonchev–Trinajstić information content (AvgIpc) is 4.01. The molecule has 0 fully saturated rings. The number of benzene rings is 8. The van der Waals surface area contributed by atoms with E-state index in [0.717, 1.165) is 86.6 Å². The predicted octanol–water partition coefficient (Wildman–Crippen LogP) is 14.0. The first-order valence-corrected chi connectivity index (χ1v) is 19.0. The Balaban J connectivity index is 0.000000146. The summed E-state index contributed by atoms with van der Waals surface area (Å²) < 4.78 is 25.7. The van der Waals surface area contributed by atoms with Gasteiger partial charge in [0.25, 0.3) is 0 Å². The molecule has 0 atom stereocenters. The average molecular weight is 824 g/mol. The predicted molar refractivity (Wildman–Crippen MR) is 244 cm³/mol. The number of rotatable bonds is 3. The van der Waals surface area contributed by atoms with Crippen LogP contribution in [0.15, 0.2) is 180 Å². The van der Waals surface area contributed by atoms with E-state index in [1.165, 1.54) is 11.1 Å². The Morgan fingerprint density at radius 1 is 0.345 bits per heavy atom. The van der Waals surface area contributed by atoms with Crippen LogP contribution >= 0.6 is 15.9 Å². The number of hydrogen-bond acceptors (Lipinski definition) is 6. The molecule has 0 spiro atoms. The molecule has 8 aromatic carbocycles. The Hall–Kier alpha value is -6.58. The topological polar surface area (TPSA) is 93.0 Å². The molecule has 0 aliphatic rings. The summed E-state index contributed by atoms with van der Waals surface area (Å²) >= 11 is 3.55. The van der Waals surface area contributed by atoms with Crippen molar-refractivity contribution >= 4 is 116 Å². The molecule has 4 heterocycles. The Kier molecular flexibility index (Phi) is 9.21. The standard InChI is InChI=1S/C24H15BO4.C24H13BrO2.2CH4/c26-25(27)16-7-11-22-20(13-16)18-9-8-17-19-12-15(14-4-2-1-3-5-14)6-10-21(19)28-23(17)24(18)29-22;25-16-7-11-22-20(13-16)18-9-8-17-19-12-15(14-4-2-1-3-5-14)6-10-21(19)26-23(17)24(18)27-22;;/h1-13,26-27H;1-13H;2*1H4. The van der Waals surface area contributed by atoms with E-state index >= 15 is 0 Å². The van der Waals surface area contributed by atoms with Gasteiger partial charge >= 0.3 is 7.12 Å². The third-order valence-electron chi connectivity index (χ3n) is 10.6. The second-order valence-corrected chi connectivity index (χ2v) is 14.9. The molecule has 6 nitrogen and oxygen atoms in total. The van der Waals surface area contributed by atoms with Gasteiger partial charge in [0.05, 0.1) is 0 Å². The van der Waals surface area contributed by atoms with Gasteiger partial charge < -0.3 is 27.7 Å². The summed E-state index contributed by atoms with van der Waals surface area (Å²) in [5.74, 6) is 0. The number of halogens is 1. The maximum atomic E-state index is 9.49. The third-order valence-corrected chi connectivity index (χ3v) is 11.1. The largest absolute Gasteiger partial charge is 0.488 e. The van der Waals surface area contributed by atoms with Crippen LogP contribution < -0.4 is 5.46 Å². The molecule has 0 amide bonds. The second kappa shape index (κ2) is 14.4. The molecule has 0 unspecified atom stereocenters. The molecule has 0 saturated heterocycles. The summed E-state index contributed by atoms with van der Waals surface area (Å²) in [5, 5.41) is 27.1. The highest BCUT2D eigenvalue weighted by molar-refractivity contribution is 9.10. The summed E-state index contributed by atoms with van der Waals surface area (Å²) in [4.78, 5) is 0. The maximum Gasteiger partial charge on any atom is 0.488 e. The van der Waals surface area contributed by atoms with Gasteiger partial charge in [0.1, 0.15) is 22.3 Å². The van der Waals surface area contributed by atoms with Gasteiger partial charge in [-0.2, -0.15) is 0 Å². The fourth-order valence-electron chi connectivity index (χ4n) is 7.91. The molecule has 0 aliphatic carbocycles. The second-order valence-electron chi connectivity index (χ2n) is 14.0. The molecule has 282 valence electrons. The minimum absolute atomic E-state index is 0. The van der Waals surface area contributed by atoms with Crippen molar-refractivity contribution in [3.63, 3.8) is 0 Å². The van der Waals surface area contributed by atoms with Crippen molar-refractivity contribution in [1.29, 1.82) is 0 Å². The normalized spacial score (nSPS) is 11.4. The highest BCUT2D eigenvalue weighted by Crippen LogP contribution is 2.41. The lowest BCUT2D eigenvalue weighted by Gasteiger charge is -2.01. The minimum Gasteiger partial charge on any atom is -0.452 e. The molecule has 0 saturated carbocycles. The van der Waals surface area contributed by atoms with Gasteiger partial charge in [-0.3, -0.25) is 0 Å². The van der Waals surface area contributed by atoms with Gasteiger partial charge in [0, 0.05) is 47.6 Å². The molecule has 58 heavy (non-hydrogen) atoms. The zero-order valence-corrected chi connectivity index (χ0v) is 31.1.